The van der Waals surface area contributed by atoms with Crippen molar-refractivity contribution in [3.05, 3.63) is 29.6 Å². The summed E-state index contributed by atoms with van der Waals surface area (Å²) < 4.78 is 13.8. The van der Waals surface area contributed by atoms with Crippen molar-refractivity contribution in [1.82, 2.24) is 4.90 Å². The molecular formula is C16H19FN2O3. The number of anilines is 1. The number of carbonyl (C=O) groups is 2. The molecule has 2 amide bonds. The monoisotopic (exact) mass is 306 g/mol. The molecule has 1 aromatic rings. The lowest BCUT2D eigenvalue weighted by molar-refractivity contribution is -0.149. The van der Waals surface area contributed by atoms with E-state index in [-0.39, 0.29) is 18.2 Å². The van der Waals surface area contributed by atoms with Crippen LogP contribution in [0.3, 0.4) is 0 Å². The molecule has 118 valence electrons. The molecule has 6 heteroatoms. The Morgan fingerprint density at radius 1 is 1.45 bits per heavy atom. The van der Waals surface area contributed by atoms with Crippen LogP contribution in [0.1, 0.15) is 24.8 Å². The number of halogens is 1. The first-order chi connectivity index (χ1) is 10.4. The number of urea groups is 1. The van der Waals surface area contributed by atoms with Crippen molar-refractivity contribution >= 4 is 17.7 Å². The SMILES string of the molecule is Cc1cccc(F)c1NC(=O)N1C[C@@H]2CCC[C@@]2(C(=O)O)C1. The predicted octanol–water partition coefficient (Wildman–Crippen LogP) is 2.85. The number of likely N-dealkylation sites (tertiary alicyclic amines) is 1. The number of carboxylic acids is 1. The zero-order valence-corrected chi connectivity index (χ0v) is 12.4. The largest absolute Gasteiger partial charge is 0.481 e. The fraction of sp³-hybridized carbons (Fsp3) is 0.500. The number of amides is 2. The number of hydrogen-bond acceptors (Lipinski definition) is 2. The first-order valence-corrected chi connectivity index (χ1v) is 7.48. The maximum atomic E-state index is 13.8. The van der Waals surface area contributed by atoms with Gasteiger partial charge in [-0.15, -0.1) is 0 Å². The van der Waals surface area contributed by atoms with Crippen molar-refractivity contribution in [1.29, 1.82) is 0 Å². The third-order valence-electron chi connectivity index (χ3n) is 5.04. The maximum absolute atomic E-state index is 13.8. The van der Waals surface area contributed by atoms with Crippen molar-refractivity contribution in [2.45, 2.75) is 26.2 Å². The third-order valence-corrected chi connectivity index (χ3v) is 5.04. The summed E-state index contributed by atoms with van der Waals surface area (Å²) in [6, 6.07) is 4.17. The topological polar surface area (TPSA) is 69.6 Å². The summed E-state index contributed by atoms with van der Waals surface area (Å²) in [5, 5.41) is 12.1. The Kier molecular flexibility index (Phi) is 3.54. The summed E-state index contributed by atoms with van der Waals surface area (Å²) in [6.45, 7) is 2.34. The molecule has 2 N–H and O–H groups in total. The summed E-state index contributed by atoms with van der Waals surface area (Å²) >= 11 is 0. The molecule has 1 aliphatic heterocycles. The van der Waals surface area contributed by atoms with Crippen molar-refractivity contribution < 1.29 is 19.1 Å². The van der Waals surface area contributed by atoms with Gasteiger partial charge < -0.3 is 15.3 Å². The molecule has 1 aromatic carbocycles. The Bertz CT molecular complexity index is 614. The van der Waals surface area contributed by atoms with Crippen LogP contribution in [0.15, 0.2) is 18.2 Å². The number of nitrogens with one attached hydrogen (secondary N) is 1. The molecule has 2 atom stereocenters. The minimum absolute atomic E-state index is 0.00235. The van der Waals surface area contributed by atoms with Gasteiger partial charge in [0.25, 0.3) is 0 Å². The molecule has 0 aromatic heterocycles. The highest BCUT2D eigenvalue weighted by Gasteiger charge is 2.55. The highest BCUT2D eigenvalue weighted by molar-refractivity contribution is 5.91. The Hall–Kier alpha value is -2.11. The van der Waals surface area contributed by atoms with E-state index in [1.54, 1.807) is 19.1 Å². The second kappa shape index (κ2) is 5.26. The van der Waals surface area contributed by atoms with Gasteiger partial charge in [-0.05, 0) is 37.3 Å². The minimum Gasteiger partial charge on any atom is -0.481 e. The van der Waals surface area contributed by atoms with Crippen LogP contribution in [0.25, 0.3) is 0 Å². The number of rotatable bonds is 2. The van der Waals surface area contributed by atoms with E-state index in [0.29, 0.717) is 18.5 Å². The van der Waals surface area contributed by atoms with E-state index >= 15 is 0 Å². The zero-order chi connectivity index (χ0) is 15.9. The van der Waals surface area contributed by atoms with Gasteiger partial charge in [0.05, 0.1) is 11.1 Å². The lowest BCUT2D eigenvalue weighted by Crippen LogP contribution is -2.38. The van der Waals surface area contributed by atoms with Gasteiger partial charge in [-0.3, -0.25) is 4.79 Å². The minimum atomic E-state index is -0.827. The standard InChI is InChI=1S/C16H19FN2O3/c1-10-4-2-6-12(17)13(10)18-15(22)19-8-11-5-3-7-16(11,9-19)14(20)21/h2,4,6,11H,3,5,7-9H2,1H3,(H,18,22)(H,20,21)/t11-,16+/m0/s1. The summed E-state index contributed by atoms with van der Waals surface area (Å²) in [5.41, 5.74) is -0.0173. The summed E-state index contributed by atoms with van der Waals surface area (Å²) in [4.78, 5) is 25.5. The summed E-state index contributed by atoms with van der Waals surface area (Å²) in [7, 11) is 0. The summed E-state index contributed by atoms with van der Waals surface area (Å²) in [6.07, 6.45) is 2.32. The van der Waals surface area contributed by atoms with Crippen LogP contribution < -0.4 is 5.32 Å². The molecular weight excluding hydrogens is 287 g/mol. The van der Waals surface area contributed by atoms with E-state index in [2.05, 4.69) is 5.32 Å². The van der Waals surface area contributed by atoms with E-state index in [1.807, 2.05) is 0 Å². The average molecular weight is 306 g/mol. The van der Waals surface area contributed by atoms with Crippen LogP contribution in [0.5, 0.6) is 0 Å². The number of nitrogens with zero attached hydrogens (tertiary/aromatic N) is 1. The number of aliphatic carboxylic acids is 1. The second-order valence-corrected chi connectivity index (χ2v) is 6.29. The molecule has 5 nitrogen and oxygen atoms in total. The second-order valence-electron chi connectivity index (χ2n) is 6.29. The molecule has 2 fully saturated rings. The van der Waals surface area contributed by atoms with E-state index in [0.717, 1.165) is 12.8 Å². The lowest BCUT2D eigenvalue weighted by Gasteiger charge is -2.23. The quantitative estimate of drug-likeness (QED) is 0.882. The molecule has 1 saturated heterocycles. The number of benzene rings is 1. The van der Waals surface area contributed by atoms with Gasteiger partial charge >= 0.3 is 12.0 Å². The molecule has 0 radical (unpaired) electrons. The average Bonchev–Trinajstić information content (AvgIpc) is 3.00. The van der Waals surface area contributed by atoms with Crippen LogP contribution in [0.4, 0.5) is 14.9 Å². The Morgan fingerprint density at radius 2 is 2.23 bits per heavy atom. The molecule has 0 spiro atoms. The zero-order valence-electron chi connectivity index (χ0n) is 12.4. The first kappa shape index (κ1) is 14.8. The number of fused-ring (bicyclic) bond motifs is 1. The van der Waals surface area contributed by atoms with Gasteiger partial charge in [-0.1, -0.05) is 18.6 Å². The van der Waals surface area contributed by atoms with E-state index in [4.69, 9.17) is 0 Å². The van der Waals surface area contributed by atoms with Crippen LogP contribution in [0.2, 0.25) is 0 Å². The van der Waals surface area contributed by atoms with Crippen molar-refractivity contribution in [2.24, 2.45) is 11.3 Å². The van der Waals surface area contributed by atoms with Gasteiger partial charge in [0, 0.05) is 13.1 Å². The van der Waals surface area contributed by atoms with Crippen molar-refractivity contribution in [2.75, 3.05) is 18.4 Å². The number of carboxylic acid groups (broad SMARTS) is 1. The van der Waals surface area contributed by atoms with Crippen LogP contribution >= 0.6 is 0 Å². The molecule has 3 rings (SSSR count). The van der Waals surface area contributed by atoms with Crippen molar-refractivity contribution in [3.8, 4) is 0 Å². The smallest absolute Gasteiger partial charge is 0.321 e. The van der Waals surface area contributed by atoms with Gasteiger partial charge in [0.2, 0.25) is 0 Å². The fourth-order valence-electron chi connectivity index (χ4n) is 3.77. The molecule has 22 heavy (non-hydrogen) atoms. The van der Waals surface area contributed by atoms with Gasteiger partial charge in [-0.25, -0.2) is 9.18 Å². The van der Waals surface area contributed by atoms with Crippen LogP contribution in [0, 0.1) is 24.1 Å². The van der Waals surface area contributed by atoms with E-state index in [1.165, 1.54) is 11.0 Å². The normalized spacial score (nSPS) is 26.8. The van der Waals surface area contributed by atoms with E-state index < -0.39 is 23.2 Å². The molecule has 2 aliphatic rings. The number of hydrogen-bond donors (Lipinski definition) is 2. The molecule has 0 unspecified atom stereocenters. The first-order valence-electron chi connectivity index (χ1n) is 7.48. The van der Waals surface area contributed by atoms with Gasteiger partial charge in [0.15, 0.2) is 0 Å². The lowest BCUT2D eigenvalue weighted by atomic mass is 9.81. The maximum Gasteiger partial charge on any atom is 0.321 e. The predicted molar refractivity (Wildman–Crippen MR) is 79.1 cm³/mol. The highest BCUT2D eigenvalue weighted by Crippen LogP contribution is 2.48. The van der Waals surface area contributed by atoms with E-state index in [9.17, 15) is 19.1 Å². The summed E-state index contributed by atoms with van der Waals surface area (Å²) in [5.74, 6) is -1.31. The molecule has 0 bridgehead atoms. The van der Waals surface area contributed by atoms with Gasteiger partial charge in [0.1, 0.15) is 5.82 Å². The molecule has 1 aliphatic carbocycles. The van der Waals surface area contributed by atoms with Gasteiger partial charge in [-0.2, -0.15) is 0 Å². The van der Waals surface area contributed by atoms with Crippen LogP contribution in [-0.4, -0.2) is 35.1 Å². The number of para-hydroxylation sites is 1. The number of carbonyl (C=O) groups excluding carboxylic acids is 1. The third kappa shape index (κ3) is 2.23. The Balaban J connectivity index is 1.76. The molecule has 1 heterocycles. The van der Waals surface area contributed by atoms with Crippen molar-refractivity contribution in [3.63, 3.8) is 0 Å². The highest BCUT2D eigenvalue weighted by atomic mass is 19.1. The Morgan fingerprint density at radius 3 is 2.86 bits per heavy atom. The fourth-order valence-corrected chi connectivity index (χ4v) is 3.77. The number of aryl methyl sites for hydroxylation is 1. The Labute approximate surface area is 128 Å². The van der Waals surface area contributed by atoms with Crippen LogP contribution in [-0.2, 0) is 4.79 Å². The molecule has 1 saturated carbocycles.